The summed E-state index contributed by atoms with van der Waals surface area (Å²) in [4.78, 5) is 15.2. The van der Waals surface area contributed by atoms with E-state index in [1.165, 1.54) is 0 Å². The van der Waals surface area contributed by atoms with Crippen molar-refractivity contribution in [2.75, 3.05) is 25.0 Å². The van der Waals surface area contributed by atoms with Gasteiger partial charge in [-0.05, 0) is 54.6 Å². The van der Waals surface area contributed by atoms with E-state index in [9.17, 15) is 10.1 Å². The molecule has 28 heavy (non-hydrogen) atoms. The maximum Gasteiger partial charge on any atom is 0.271 e. The fourth-order valence-electron chi connectivity index (χ4n) is 3.49. The second-order valence-electron chi connectivity index (χ2n) is 7.13. The van der Waals surface area contributed by atoms with Crippen molar-refractivity contribution in [3.05, 3.63) is 54.1 Å². The summed E-state index contributed by atoms with van der Waals surface area (Å²) in [5.41, 5.74) is 1.86. The topological polar surface area (TPSA) is 76.8 Å². The van der Waals surface area contributed by atoms with E-state index in [0.29, 0.717) is 25.2 Å². The van der Waals surface area contributed by atoms with Crippen LogP contribution in [0.25, 0.3) is 0 Å². The number of ether oxygens (including phenoxy) is 1. The van der Waals surface area contributed by atoms with Crippen LogP contribution in [0, 0.1) is 11.2 Å². The standard InChI is InChI=1S/C21H24BN3O3/c1-24(13-19-12-22(15-23)10-11-25(19)16-27)18-4-8-21(9-5-18)28-20-6-2-17(14-26)3-7-20/h2-9,16,19,26H,10-14H2,1H3. The first kappa shape index (κ1) is 19.8. The highest BCUT2D eigenvalue weighted by Crippen LogP contribution is 2.26. The Morgan fingerprint density at radius 3 is 2.46 bits per heavy atom. The summed E-state index contributed by atoms with van der Waals surface area (Å²) in [5.74, 6) is 3.78. The predicted molar refractivity (Wildman–Crippen MR) is 110 cm³/mol. The molecule has 1 heterocycles. The normalized spacial score (nSPS) is 16.4. The van der Waals surface area contributed by atoms with Crippen molar-refractivity contribution < 1.29 is 14.6 Å². The first-order valence-electron chi connectivity index (χ1n) is 9.42. The zero-order valence-corrected chi connectivity index (χ0v) is 16.0. The van der Waals surface area contributed by atoms with Crippen LogP contribution < -0.4 is 9.64 Å². The van der Waals surface area contributed by atoms with Crippen LogP contribution in [0.3, 0.4) is 0 Å². The van der Waals surface area contributed by atoms with E-state index in [2.05, 4.69) is 10.9 Å². The van der Waals surface area contributed by atoms with Gasteiger partial charge < -0.3 is 19.6 Å². The van der Waals surface area contributed by atoms with Gasteiger partial charge in [-0.1, -0.05) is 12.1 Å². The van der Waals surface area contributed by atoms with E-state index in [4.69, 9.17) is 9.84 Å². The molecule has 1 amide bonds. The van der Waals surface area contributed by atoms with Gasteiger partial charge in [0.2, 0.25) is 6.41 Å². The molecule has 3 rings (SSSR count). The van der Waals surface area contributed by atoms with Gasteiger partial charge in [0.05, 0.1) is 6.61 Å². The summed E-state index contributed by atoms with van der Waals surface area (Å²) in [7, 11) is 1.99. The molecule has 1 unspecified atom stereocenters. The number of hydrogen-bond donors (Lipinski definition) is 1. The van der Waals surface area contributed by atoms with Crippen LogP contribution in [-0.2, 0) is 11.4 Å². The van der Waals surface area contributed by atoms with E-state index in [0.717, 1.165) is 29.7 Å². The number of anilines is 1. The number of nitriles is 1. The van der Waals surface area contributed by atoms with Crippen LogP contribution >= 0.6 is 0 Å². The molecular weight excluding hydrogens is 353 g/mol. The molecule has 7 heteroatoms. The molecule has 1 N–H and O–H groups in total. The number of carbonyl (C=O) groups is 1. The van der Waals surface area contributed by atoms with Crippen molar-refractivity contribution in [1.29, 1.82) is 5.26 Å². The molecule has 144 valence electrons. The van der Waals surface area contributed by atoms with Crippen molar-refractivity contribution in [2.45, 2.75) is 25.3 Å². The Labute approximate surface area is 166 Å². The van der Waals surface area contributed by atoms with Crippen LogP contribution in [0.4, 0.5) is 5.69 Å². The van der Waals surface area contributed by atoms with Gasteiger partial charge in [0.15, 0.2) is 0 Å². The molecule has 0 radical (unpaired) electrons. The van der Waals surface area contributed by atoms with Crippen molar-refractivity contribution >= 4 is 18.8 Å². The molecule has 0 spiro atoms. The number of carbonyl (C=O) groups excluding carboxylic acids is 1. The van der Waals surface area contributed by atoms with Crippen LogP contribution in [0.2, 0.25) is 12.6 Å². The minimum Gasteiger partial charge on any atom is -0.457 e. The maximum absolute atomic E-state index is 11.3. The molecule has 6 nitrogen and oxygen atoms in total. The molecule has 2 aromatic carbocycles. The zero-order valence-electron chi connectivity index (χ0n) is 16.0. The lowest BCUT2D eigenvalue weighted by molar-refractivity contribution is -0.119. The summed E-state index contributed by atoms with van der Waals surface area (Å²) < 4.78 is 5.83. The molecule has 1 saturated heterocycles. The zero-order chi connectivity index (χ0) is 19.9. The minimum absolute atomic E-state index is 0.0128. The van der Waals surface area contributed by atoms with Crippen molar-refractivity contribution in [2.24, 2.45) is 0 Å². The van der Waals surface area contributed by atoms with Crippen LogP contribution in [-0.4, -0.2) is 49.3 Å². The molecule has 0 bridgehead atoms. The Balaban J connectivity index is 1.61. The highest BCUT2D eigenvalue weighted by atomic mass is 16.5. The van der Waals surface area contributed by atoms with E-state index in [1.807, 2.05) is 55.6 Å². The second kappa shape index (κ2) is 9.29. The fourth-order valence-corrected chi connectivity index (χ4v) is 3.49. The molecular formula is C21H24BN3O3. The average molecular weight is 377 g/mol. The maximum atomic E-state index is 11.3. The summed E-state index contributed by atoms with van der Waals surface area (Å²) in [6.45, 7) is 1.35. The average Bonchev–Trinajstić information content (AvgIpc) is 2.74. The lowest BCUT2D eigenvalue weighted by Crippen LogP contribution is -2.49. The Morgan fingerprint density at radius 2 is 1.89 bits per heavy atom. The third-order valence-corrected chi connectivity index (χ3v) is 5.18. The monoisotopic (exact) mass is 377 g/mol. The number of benzene rings is 2. The van der Waals surface area contributed by atoms with Crippen LogP contribution in [0.15, 0.2) is 48.5 Å². The van der Waals surface area contributed by atoms with E-state index < -0.39 is 0 Å². The van der Waals surface area contributed by atoms with Crippen LogP contribution in [0.5, 0.6) is 11.5 Å². The smallest absolute Gasteiger partial charge is 0.271 e. The third-order valence-electron chi connectivity index (χ3n) is 5.18. The lowest BCUT2D eigenvalue weighted by atomic mass is 9.43. The molecule has 1 atom stereocenters. The number of aliphatic hydroxyl groups is 1. The van der Waals surface area contributed by atoms with Crippen molar-refractivity contribution in [3.63, 3.8) is 0 Å². The largest absolute Gasteiger partial charge is 0.457 e. The molecule has 2 aromatic rings. The fraction of sp³-hybridized carbons (Fsp3) is 0.333. The Morgan fingerprint density at radius 1 is 1.25 bits per heavy atom. The van der Waals surface area contributed by atoms with Gasteiger partial charge in [0, 0.05) is 37.8 Å². The van der Waals surface area contributed by atoms with Gasteiger partial charge in [-0.3, -0.25) is 4.79 Å². The SMILES string of the molecule is CN(CC1CB(C#N)CCN1C=O)c1ccc(Oc2ccc(CO)cc2)cc1. The highest BCUT2D eigenvalue weighted by molar-refractivity contribution is 6.67. The highest BCUT2D eigenvalue weighted by Gasteiger charge is 2.31. The number of rotatable bonds is 7. The quantitative estimate of drug-likeness (QED) is 0.593. The number of nitrogens with zero attached hydrogens (tertiary/aromatic N) is 3. The van der Waals surface area contributed by atoms with Gasteiger partial charge >= 0.3 is 0 Å². The molecule has 0 saturated carbocycles. The van der Waals surface area contributed by atoms with Gasteiger partial charge in [0.25, 0.3) is 6.71 Å². The minimum atomic E-state index is 0.0128. The van der Waals surface area contributed by atoms with E-state index in [-0.39, 0.29) is 19.4 Å². The molecule has 1 aliphatic rings. The van der Waals surface area contributed by atoms with Gasteiger partial charge in [-0.2, -0.15) is 0 Å². The van der Waals surface area contributed by atoms with E-state index in [1.54, 1.807) is 4.90 Å². The summed E-state index contributed by atoms with van der Waals surface area (Å²) in [6.07, 6.45) is 2.36. The van der Waals surface area contributed by atoms with Gasteiger partial charge in [-0.15, -0.1) is 0 Å². The van der Waals surface area contributed by atoms with E-state index >= 15 is 0 Å². The molecule has 0 aliphatic carbocycles. The van der Waals surface area contributed by atoms with Crippen molar-refractivity contribution in [1.82, 2.24) is 4.90 Å². The number of amides is 1. The Bertz CT molecular complexity index is 820. The number of aliphatic hydroxyl groups excluding tert-OH is 1. The first-order valence-corrected chi connectivity index (χ1v) is 9.42. The lowest BCUT2D eigenvalue weighted by Gasteiger charge is -2.36. The second-order valence-corrected chi connectivity index (χ2v) is 7.13. The Kier molecular flexibility index (Phi) is 6.56. The molecule has 1 aliphatic heterocycles. The Hall–Kier alpha value is -2.98. The number of hydrogen-bond acceptors (Lipinski definition) is 5. The molecule has 0 aromatic heterocycles. The predicted octanol–water partition coefficient (Wildman–Crippen LogP) is 2.81. The summed E-state index contributed by atoms with van der Waals surface area (Å²) in [6, 6.07) is 15.1. The summed E-state index contributed by atoms with van der Waals surface area (Å²) >= 11 is 0. The van der Waals surface area contributed by atoms with Crippen molar-refractivity contribution in [3.8, 4) is 17.5 Å². The van der Waals surface area contributed by atoms with Crippen LogP contribution in [0.1, 0.15) is 5.56 Å². The molecule has 1 fully saturated rings. The number of likely N-dealkylation sites (N-methyl/N-ethyl adjacent to an activating group) is 1. The van der Waals surface area contributed by atoms with Gasteiger partial charge in [-0.25, -0.2) is 5.26 Å². The summed E-state index contributed by atoms with van der Waals surface area (Å²) in [5, 5.41) is 18.3. The third kappa shape index (κ3) is 4.84. The van der Waals surface area contributed by atoms with Gasteiger partial charge in [0.1, 0.15) is 11.5 Å². The first-order chi connectivity index (χ1) is 13.6.